The maximum Gasteiger partial charge on any atom is 0.255 e. The molecule has 3 N–H and O–H groups in total. The average molecular weight is 346 g/mol. The summed E-state index contributed by atoms with van der Waals surface area (Å²) < 4.78 is 5.09. The fraction of sp³-hybridized carbons (Fsp3) is 0.227. The Bertz CT molecular complexity index is 898. The number of benzene rings is 2. The molecule has 4 heteroatoms. The summed E-state index contributed by atoms with van der Waals surface area (Å²) in [6.07, 6.45) is 5.35. The van der Waals surface area contributed by atoms with Crippen LogP contribution in [0.2, 0.25) is 0 Å². The number of furan rings is 1. The van der Waals surface area contributed by atoms with Crippen molar-refractivity contribution in [1.82, 2.24) is 0 Å². The first-order valence-electron chi connectivity index (χ1n) is 8.92. The van der Waals surface area contributed by atoms with Crippen molar-refractivity contribution in [3.8, 4) is 11.1 Å². The smallest absolute Gasteiger partial charge is 0.255 e. The molecule has 26 heavy (non-hydrogen) atoms. The number of amides is 1. The van der Waals surface area contributed by atoms with Crippen LogP contribution in [0.4, 0.5) is 5.69 Å². The quantitative estimate of drug-likeness (QED) is 0.697. The number of rotatable bonds is 5. The summed E-state index contributed by atoms with van der Waals surface area (Å²) in [5.41, 5.74) is 10.9. The van der Waals surface area contributed by atoms with Crippen LogP contribution in [0.15, 0.2) is 71.5 Å². The highest BCUT2D eigenvalue weighted by Gasteiger charge is 2.49. The summed E-state index contributed by atoms with van der Waals surface area (Å²) >= 11 is 0. The average Bonchev–Trinajstić information content (AvgIpc) is 3.08. The molecule has 4 nitrogen and oxygen atoms in total. The Kier molecular flexibility index (Phi) is 4.13. The first-order chi connectivity index (χ1) is 12.6. The molecule has 132 valence electrons. The lowest BCUT2D eigenvalue weighted by atomic mass is 10.0. The lowest BCUT2D eigenvalue weighted by molar-refractivity contribution is 0.102. The van der Waals surface area contributed by atoms with Crippen LogP contribution in [0.1, 0.15) is 41.6 Å². The van der Waals surface area contributed by atoms with Crippen LogP contribution in [0.25, 0.3) is 11.1 Å². The number of anilines is 1. The van der Waals surface area contributed by atoms with E-state index in [0.717, 1.165) is 29.7 Å². The molecule has 1 saturated carbocycles. The van der Waals surface area contributed by atoms with Crippen molar-refractivity contribution in [2.75, 3.05) is 5.32 Å². The number of nitrogens with two attached hydrogens (primary N) is 1. The standard InChI is InChI=1S/C22H22N2O2/c1-2-22(23)13-20(22)16-7-9-19(10-8-16)24-21(25)17-5-3-15(4-6-17)18-11-12-26-14-18/h3-12,14,20H,2,13,23H2,1H3,(H,24,25)/t20-,22+/m0/s1. The van der Waals surface area contributed by atoms with Gasteiger partial charge in [0.1, 0.15) is 0 Å². The van der Waals surface area contributed by atoms with Gasteiger partial charge in [0.2, 0.25) is 0 Å². The highest BCUT2D eigenvalue weighted by atomic mass is 16.3. The molecular formula is C22H22N2O2. The zero-order chi connectivity index (χ0) is 18.1. The fourth-order valence-corrected chi connectivity index (χ4v) is 3.41. The predicted molar refractivity (Wildman–Crippen MR) is 103 cm³/mol. The second kappa shape index (κ2) is 6.46. The number of hydrogen-bond donors (Lipinski definition) is 2. The van der Waals surface area contributed by atoms with Gasteiger partial charge in [-0.15, -0.1) is 0 Å². The van der Waals surface area contributed by atoms with Gasteiger partial charge >= 0.3 is 0 Å². The molecule has 0 radical (unpaired) electrons. The van der Waals surface area contributed by atoms with E-state index in [0.29, 0.717) is 11.5 Å². The van der Waals surface area contributed by atoms with Crippen LogP contribution in [0, 0.1) is 0 Å². The lowest BCUT2D eigenvalue weighted by Crippen LogP contribution is -2.22. The van der Waals surface area contributed by atoms with Crippen LogP contribution in [-0.2, 0) is 0 Å². The van der Waals surface area contributed by atoms with E-state index in [1.54, 1.807) is 12.5 Å². The largest absolute Gasteiger partial charge is 0.472 e. The Hall–Kier alpha value is -2.85. The fourth-order valence-electron chi connectivity index (χ4n) is 3.41. The van der Waals surface area contributed by atoms with Crippen LogP contribution in [0.3, 0.4) is 0 Å². The third-order valence-corrected chi connectivity index (χ3v) is 5.35. The van der Waals surface area contributed by atoms with Gasteiger partial charge in [0.05, 0.1) is 12.5 Å². The van der Waals surface area contributed by atoms with E-state index in [1.807, 2.05) is 42.5 Å². The molecule has 3 aromatic rings. The van der Waals surface area contributed by atoms with Crippen LogP contribution in [-0.4, -0.2) is 11.4 Å². The molecule has 0 spiro atoms. The van der Waals surface area contributed by atoms with E-state index in [9.17, 15) is 4.79 Å². The van der Waals surface area contributed by atoms with Crippen LogP contribution >= 0.6 is 0 Å². The monoisotopic (exact) mass is 346 g/mol. The summed E-state index contributed by atoms with van der Waals surface area (Å²) in [6.45, 7) is 2.13. The molecule has 1 aliphatic carbocycles. The highest BCUT2D eigenvalue weighted by molar-refractivity contribution is 6.04. The molecule has 1 amide bonds. The van der Waals surface area contributed by atoms with Gasteiger partial charge < -0.3 is 15.5 Å². The summed E-state index contributed by atoms with van der Waals surface area (Å²) in [6, 6.07) is 17.4. The van der Waals surface area contributed by atoms with Crippen LogP contribution in [0.5, 0.6) is 0 Å². The zero-order valence-corrected chi connectivity index (χ0v) is 14.7. The number of nitrogens with one attached hydrogen (secondary N) is 1. The van der Waals surface area contributed by atoms with Gasteiger partial charge in [-0.1, -0.05) is 31.2 Å². The second-order valence-corrected chi connectivity index (χ2v) is 7.01. The van der Waals surface area contributed by atoms with Crippen LogP contribution < -0.4 is 11.1 Å². The predicted octanol–water partition coefficient (Wildman–Crippen LogP) is 4.79. The number of carbonyl (C=O) groups is 1. The molecule has 1 heterocycles. The molecule has 0 bridgehead atoms. The van der Waals surface area contributed by atoms with E-state index in [-0.39, 0.29) is 11.4 Å². The minimum Gasteiger partial charge on any atom is -0.472 e. The third kappa shape index (κ3) is 3.16. The maximum absolute atomic E-state index is 12.4. The van der Waals surface area contributed by atoms with Gasteiger partial charge in [0, 0.05) is 28.3 Å². The number of carbonyl (C=O) groups excluding carboxylic acids is 1. The second-order valence-electron chi connectivity index (χ2n) is 7.01. The first kappa shape index (κ1) is 16.6. The molecular weight excluding hydrogens is 324 g/mol. The van der Waals surface area contributed by atoms with Gasteiger partial charge in [-0.2, -0.15) is 0 Å². The van der Waals surface area contributed by atoms with Crippen molar-refractivity contribution in [1.29, 1.82) is 0 Å². The minimum absolute atomic E-state index is 0.0402. The molecule has 2 aromatic carbocycles. The molecule has 4 rings (SSSR count). The molecule has 1 aliphatic rings. The number of hydrogen-bond acceptors (Lipinski definition) is 3. The van der Waals surface area contributed by atoms with Crippen molar-refractivity contribution in [3.63, 3.8) is 0 Å². The Morgan fingerprint density at radius 1 is 1.12 bits per heavy atom. The highest BCUT2D eigenvalue weighted by Crippen LogP contribution is 2.51. The van der Waals surface area contributed by atoms with E-state index >= 15 is 0 Å². The molecule has 0 saturated heterocycles. The summed E-state index contributed by atoms with van der Waals surface area (Å²) in [5.74, 6) is 0.317. The van der Waals surface area contributed by atoms with Crippen molar-refractivity contribution >= 4 is 11.6 Å². The molecule has 1 aromatic heterocycles. The lowest BCUT2D eigenvalue weighted by Gasteiger charge is -2.10. The van der Waals surface area contributed by atoms with Crippen molar-refractivity contribution in [3.05, 3.63) is 78.3 Å². The molecule has 0 unspecified atom stereocenters. The van der Waals surface area contributed by atoms with Gasteiger partial charge in [-0.25, -0.2) is 0 Å². The van der Waals surface area contributed by atoms with Gasteiger partial charge in [-0.3, -0.25) is 4.79 Å². The third-order valence-electron chi connectivity index (χ3n) is 5.35. The molecule has 2 atom stereocenters. The zero-order valence-electron chi connectivity index (χ0n) is 14.7. The van der Waals surface area contributed by atoms with Gasteiger partial charge in [-0.05, 0) is 54.3 Å². The minimum atomic E-state index is -0.121. The van der Waals surface area contributed by atoms with Crippen molar-refractivity contribution < 1.29 is 9.21 Å². The Morgan fingerprint density at radius 3 is 2.42 bits per heavy atom. The van der Waals surface area contributed by atoms with E-state index < -0.39 is 0 Å². The SMILES string of the molecule is CC[C@@]1(N)C[C@H]1c1ccc(NC(=O)c2ccc(-c3ccoc3)cc2)cc1. The van der Waals surface area contributed by atoms with E-state index in [1.165, 1.54) is 5.56 Å². The first-order valence-corrected chi connectivity index (χ1v) is 8.92. The summed E-state index contributed by atoms with van der Waals surface area (Å²) in [4.78, 5) is 12.4. The van der Waals surface area contributed by atoms with Crippen molar-refractivity contribution in [2.24, 2.45) is 5.73 Å². The summed E-state index contributed by atoms with van der Waals surface area (Å²) in [5, 5.41) is 2.94. The maximum atomic E-state index is 12.4. The molecule has 0 aliphatic heterocycles. The topological polar surface area (TPSA) is 68.3 Å². The normalized spacial score (nSPS) is 21.4. The van der Waals surface area contributed by atoms with E-state index in [4.69, 9.17) is 10.2 Å². The van der Waals surface area contributed by atoms with Gasteiger partial charge in [0.15, 0.2) is 0 Å². The van der Waals surface area contributed by atoms with E-state index in [2.05, 4.69) is 24.4 Å². The summed E-state index contributed by atoms with van der Waals surface area (Å²) in [7, 11) is 0. The van der Waals surface area contributed by atoms with Gasteiger partial charge in [0.25, 0.3) is 5.91 Å². The Labute approximate surface area is 153 Å². The Morgan fingerprint density at radius 2 is 1.85 bits per heavy atom. The van der Waals surface area contributed by atoms with Crippen molar-refractivity contribution in [2.45, 2.75) is 31.2 Å². The molecule has 1 fully saturated rings. The Balaban J connectivity index is 1.42.